The van der Waals surface area contributed by atoms with Gasteiger partial charge in [0.2, 0.25) is 5.91 Å². The summed E-state index contributed by atoms with van der Waals surface area (Å²) in [5, 5.41) is 1.70. The lowest BCUT2D eigenvalue weighted by Crippen LogP contribution is -2.55. The maximum atomic E-state index is 12.7. The second kappa shape index (κ2) is 6.58. The third-order valence-electron chi connectivity index (χ3n) is 4.52. The van der Waals surface area contributed by atoms with Crippen molar-refractivity contribution in [3.8, 4) is 0 Å². The summed E-state index contributed by atoms with van der Waals surface area (Å²) in [6.45, 7) is 2.26. The number of amides is 2. The molecule has 0 aromatic rings. The minimum Gasteiger partial charge on any atom is -0.303 e. The number of imide groups is 1. The molecule has 0 aromatic heterocycles. The van der Waals surface area contributed by atoms with Crippen LogP contribution < -0.4 is 5.43 Å². The monoisotopic (exact) mass is 306 g/mol. The van der Waals surface area contributed by atoms with E-state index in [1.165, 1.54) is 0 Å². The van der Waals surface area contributed by atoms with Crippen LogP contribution >= 0.6 is 0 Å². The molecule has 2 unspecified atom stereocenters. The summed E-state index contributed by atoms with van der Waals surface area (Å²) in [4.78, 5) is 39.6. The lowest BCUT2D eigenvalue weighted by Gasteiger charge is -2.36. The van der Waals surface area contributed by atoms with Gasteiger partial charge in [-0.3, -0.25) is 24.2 Å². The number of hydrogen-bond acceptors (Lipinski definition) is 6. The molecule has 2 atom stereocenters. The van der Waals surface area contributed by atoms with Gasteiger partial charge >= 0.3 is 0 Å². The highest BCUT2D eigenvalue weighted by Gasteiger charge is 2.46. The molecular weight excluding hydrogens is 284 g/mol. The van der Waals surface area contributed by atoms with Gasteiger partial charge in [0.25, 0.3) is 5.91 Å². The Morgan fingerprint density at radius 1 is 1.23 bits per heavy atom. The van der Waals surface area contributed by atoms with Gasteiger partial charge in [0.15, 0.2) is 6.29 Å². The van der Waals surface area contributed by atoms with Gasteiger partial charge in [-0.2, -0.15) is 0 Å². The molecule has 3 rings (SSSR count). The molecule has 120 valence electrons. The van der Waals surface area contributed by atoms with Crippen molar-refractivity contribution in [2.24, 2.45) is 0 Å². The minimum atomic E-state index is -0.751. The molecule has 0 aromatic carbocycles. The van der Waals surface area contributed by atoms with Crippen LogP contribution in [0.5, 0.6) is 0 Å². The first-order chi connectivity index (χ1) is 10.7. The van der Waals surface area contributed by atoms with E-state index in [1.807, 2.05) is 11.0 Å². The van der Waals surface area contributed by atoms with Crippen LogP contribution in [-0.4, -0.2) is 64.8 Å². The number of piperidine rings is 1. The highest BCUT2D eigenvalue weighted by molar-refractivity contribution is 6.07. The average Bonchev–Trinajstić information content (AvgIpc) is 2.86. The predicted octanol–water partition coefficient (Wildman–Crippen LogP) is -0.151. The van der Waals surface area contributed by atoms with Crippen LogP contribution in [0.3, 0.4) is 0 Å². The Morgan fingerprint density at radius 2 is 2.00 bits per heavy atom. The van der Waals surface area contributed by atoms with Crippen LogP contribution in [0.4, 0.5) is 0 Å². The zero-order chi connectivity index (χ0) is 15.5. The van der Waals surface area contributed by atoms with Gasteiger partial charge in [0.05, 0.1) is 6.42 Å². The molecule has 3 heterocycles. The Kier molecular flexibility index (Phi) is 4.54. The average molecular weight is 306 g/mol. The first kappa shape index (κ1) is 15.2. The van der Waals surface area contributed by atoms with Crippen molar-refractivity contribution in [3.63, 3.8) is 0 Å². The van der Waals surface area contributed by atoms with E-state index in [1.54, 1.807) is 11.2 Å². The van der Waals surface area contributed by atoms with Crippen molar-refractivity contribution in [3.05, 3.63) is 12.3 Å². The van der Waals surface area contributed by atoms with Crippen molar-refractivity contribution >= 4 is 18.1 Å². The number of carbonyl (C=O) groups excluding carboxylic acids is 3. The second-order valence-corrected chi connectivity index (χ2v) is 5.96. The molecule has 22 heavy (non-hydrogen) atoms. The molecule has 7 nitrogen and oxygen atoms in total. The van der Waals surface area contributed by atoms with Crippen LogP contribution in [0, 0.1) is 0 Å². The number of likely N-dealkylation sites (tertiary alicyclic amines) is 2. The molecule has 2 amide bonds. The van der Waals surface area contributed by atoms with E-state index in [9.17, 15) is 14.4 Å². The third-order valence-corrected chi connectivity index (χ3v) is 4.52. The fourth-order valence-corrected chi connectivity index (χ4v) is 3.35. The molecular formula is C15H22N4O3. The normalized spacial score (nSPS) is 28.3. The first-order valence-electron chi connectivity index (χ1n) is 7.96. The lowest BCUT2D eigenvalue weighted by atomic mass is 10.1. The topological polar surface area (TPSA) is 73.0 Å². The number of nitrogens with one attached hydrogen (secondary N) is 1. The molecule has 7 heteroatoms. The summed E-state index contributed by atoms with van der Waals surface area (Å²) >= 11 is 0. The van der Waals surface area contributed by atoms with Crippen LogP contribution in [0.25, 0.3) is 0 Å². The Labute approximate surface area is 129 Å². The summed E-state index contributed by atoms with van der Waals surface area (Å²) < 4.78 is 0. The van der Waals surface area contributed by atoms with E-state index in [-0.39, 0.29) is 18.2 Å². The van der Waals surface area contributed by atoms with Gasteiger partial charge in [-0.25, -0.2) is 5.43 Å². The molecule has 0 saturated carbocycles. The predicted molar refractivity (Wildman–Crippen MR) is 79.1 cm³/mol. The molecule has 3 aliphatic heterocycles. The molecule has 0 radical (unpaired) electrons. The van der Waals surface area contributed by atoms with Crippen molar-refractivity contribution in [2.75, 3.05) is 19.6 Å². The summed E-state index contributed by atoms with van der Waals surface area (Å²) in [7, 11) is 0. The quantitative estimate of drug-likeness (QED) is 0.575. The van der Waals surface area contributed by atoms with Crippen molar-refractivity contribution in [1.82, 2.24) is 20.2 Å². The Morgan fingerprint density at radius 3 is 2.64 bits per heavy atom. The largest absolute Gasteiger partial charge is 0.303 e. The van der Waals surface area contributed by atoms with E-state index < -0.39 is 12.2 Å². The Hall–Kier alpha value is -1.73. The highest BCUT2D eigenvalue weighted by Crippen LogP contribution is 2.24. The maximum Gasteiger partial charge on any atom is 0.255 e. The fraction of sp³-hybridized carbons (Fsp3) is 0.667. The second-order valence-electron chi connectivity index (χ2n) is 5.96. The van der Waals surface area contributed by atoms with Crippen molar-refractivity contribution in [2.45, 2.75) is 44.3 Å². The standard InChI is InChI=1S/C15H22N4O3/c20-11-13(17-7-3-1-4-8-17)19-14(21)10-12(15(19)22)18-9-5-2-6-16-18/h5,9,11-13,16H,1-4,6-8,10H2. The Balaban J connectivity index is 1.76. The van der Waals surface area contributed by atoms with E-state index in [0.29, 0.717) is 0 Å². The summed E-state index contributed by atoms with van der Waals surface area (Å²) in [6, 6.07) is -0.545. The number of hydrazine groups is 1. The van der Waals surface area contributed by atoms with E-state index >= 15 is 0 Å². The SMILES string of the molecule is O=CC(N1CCCCC1)N1C(=O)CC(N2C=CCCN2)C1=O. The molecule has 2 fully saturated rings. The van der Waals surface area contributed by atoms with Crippen LogP contribution in [0.15, 0.2) is 12.3 Å². The number of rotatable bonds is 4. The summed E-state index contributed by atoms with van der Waals surface area (Å²) in [6.07, 6.45) is 7.91. The summed E-state index contributed by atoms with van der Waals surface area (Å²) in [5.41, 5.74) is 3.11. The Bertz CT molecular complexity index is 487. The van der Waals surface area contributed by atoms with Crippen molar-refractivity contribution in [1.29, 1.82) is 0 Å². The zero-order valence-electron chi connectivity index (χ0n) is 12.6. The van der Waals surface area contributed by atoms with E-state index in [2.05, 4.69) is 5.43 Å². The molecule has 2 saturated heterocycles. The fourth-order valence-electron chi connectivity index (χ4n) is 3.35. The zero-order valence-corrected chi connectivity index (χ0v) is 12.6. The number of aldehydes is 1. The van der Waals surface area contributed by atoms with Crippen LogP contribution in [0.2, 0.25) is 0 Å². The smallest absolute Gasteiger partial charge is 0.255 e. The number of nitrogens with zero attached hydrogens (tertiary/aromatic N) is 3. The van der Waals surface area contributed by atoms with Gasteiger partial charge in [0, 0.05) is 25.8 Å². The minimum absolute atomic E-state index is 0.119. The summed E-state index contributed by atoms with van der Waals surface area (Å²) in [5.74, 6) is -0.551. The third kappa shape index (κ3) is 2.78. The molecule has 0 spiro atoms. The van der Waals surface area contributed by atoms with Crippen LogP contribution in [-0.2, 0) is 14.4 Å². The van der Waals surface area contributed by atoms with Crippen LogP contribution in [0.1, 0.15) is 32.1 Å². The molecule has 0 bridgehead atoms. The highest BCUT2D eigenvalue weighted by atomic mass is 16.2. The molecule has 3 aliphatic rings. The van der Waals surface area contributed by atoms with Gasteiger partial charge in [-0.05, 0) is 19.3 Å². The number of hydrogen-bond donors (Lipinski definition) is 1. The lowest BCUT2D eigenvalue weighted by molar-refractivity contribution is -0.150. The number of carbonyl (C=O) groups is 3. The van der Waals surface area contributed by atoms with Gasteiger partial charge in [0.1, 0.15) is 12.2 Å². The molecule has 0 aliphatic carbocycles. The van der Waals surface area contributed by atoms with E-state index in [4.69, 9.17) is 0 Å². The van der Waals surface area contributed by atoms with E-state index in [0.717, 1.165) is 56.5 Å². The van der Waals surface area contributed by atoms with Gasteiger partial charge in [-0.1, -0.05) is 12.5 Å². The molecule has 1 N–H and O–H groups in total. The van der Waals surface area contributed by atoms with Gasteiger partial charge < -0.3 is 5.01 Å². The first-order valence-corrected chi connectivity index (χ1v) is 7.96. The maximum absolute atomic E-state index is 12.7. The van der Waals surface area contributed by atoms with Gasteiger partial charge in [-0.15, -0.1) is 0 Å². The van der Waals surface area contributed by atoms with Crippen molar-refractivity contribution < 1.29 is 14.4 Å².